The third-order valence-electron chi connectivity index (χ3n) is 3.96. The zero-order valence-electron chi connectivity index (χ0n) is 10.9. The molecule has 1 saturated heterocycles. The Balaban J connectivity index is 1.89. The number of aliphatic hydroxyl groups is 1. The molecule has 0 aromatic carbocycles. The summed E-state index contributed by atoms with van der Waals surface area (Å²) >= 11 is 0. The second kappa shape index (κ2) is 5.69. The van der Waals surface area contributed by atoms with Crippen molar-refractivity contribution >= 4 is 11.8 Å². The Morgan fingerprint density at radius 1 is 1.50 bits per heavy atom. The largest absolute Gasteiger partial charge is 0.394 e. The minimum absolute atomic E-state index is 0.0707. The molecule has 2 rings (SSSR count). The Hall–Kier alpha value is -1.10. The second-order valence-corrected chi connectivity index (χ2v) is 5.48. The van der Waals surface area contributed by atoms with Crippen LogP contribution in [0.3, 0.4) is 0 Å². The highest BCUT2D eigenvalue weighted by Gasteiger charge is 2.38. The minimum Gasteiger partial charge on any atom is -0.394 e. The second-order valence-electron chi connectivity index (χ2n) is 5.48. The average Bonchev–Trinajstić information content (AvgIpc) is 2.97. The molecule has 1 aliphatic carbocycles. The molecular formula is C13H22N2O3. The molecule has 1 heterocycles. The highest BCUT2D eigenvalue weighted by atomic mass is 16.3. The molecule has 2 atom stereocenters. The molecule has 2 N–H and O–H groups in total. The van der Waals surface area contributed by atoms with E-state index in [2.05, 4.69) is 5.32 Å². The lowest BCUT2D eigenvalue weighted by molar-refractivity contribution is -0.130. The van der Waals surface area contributed by atoms with Gasteiger partial charge in [0.25, 0.3) is 0 Å². The van der Waals surface area contributed by atoms with Gasteiger partial charge in [-0.3, -0.25) is 9.59 Å². The lowest BCUT2D eigenvalue weighted by Gasteiger charge is -2.24. The summed E-state index contributed by atoms with van der Waals surface area (Å²) in [6, 6.07) is 0.110. The Kier molecular flexibility index (Phi) is 4.22. The number of likely N-dealkylation sites (tertiary alicyclic amines) is 1. The van der Waals surface area contributed by atoms with Crippen LogP contribution in [-0.4, -0.2) is 47.1 Å². The van der Waals surface area contributed by atoms with Crippen LogP contribution in [0.25, 0.3) is 0 Å². The number of amides is 2. The van der Waals surface area contributed by atoms with Crippen LogP contribution in [0.5, 0.6) is 0 Å². The maximum atomic E-state index is 11.9. The standard InChI is InChI=1S/C13H22N2O3/c1-9(8-16)14-13(18)10-6-12(17)15(7-10)11-4-2-3-5-11/h9-11,16H,2-8H2,1H3,(H,14,18)/t9-,10?/m0/s1. The minimum atomic E-state index is -0.243. The smallest absolute Gasteiger partial charge is 0.225 e. The van der Waals surface area contributed by atoms with Gasteiger partial charge in [-0.1, -0.05) is 12.8 Å². The Morgan fingerprint density at radius 3 is 2.78 bits per heavy atom. The Morgan fingerprint density at radius 2 is 2.17 bits per heavy atom. The zero-order chi connectivity index (χ0) is 13.1. The van der Waals surface area contributed by atoms with Crippen LogP contribution in [0.1, 0.15) is 39.0 Å². The van der Waals surface area contributed by atoms with Crippen molar-refractivity contribution in [2.45, 2.75) is 51.1 Å². The molecule has 0 aromatic rings. The van der Waals surface area contributed by atoms with Crippen molar-refractivity contribution in [1.29, 1.82) is 0 Å². The molecule has 5 heteroatoms. The average molecular weight is 254 g/mol. The van der Waals surface area contributed by atoms with E-state index in [0.717, 1.165) is 12.8 Å². The molecule has 18 heavy (non-hydrogen) atoms. The number of hydrogen-bond donors (Lipinski definition) is 2. The van der Waals surface area contributed by atoms with Gasteiger partial charge in [0.15, 0.2) is 0 Å². The molecule has 0 bridgehead atoms. The summed E-state index contributed by atoms with van der Waals surface area (Å²) in [6.07, 6.45) is 4.85. The van der Waals surface area contributed by atoms with Crippen molar-refractivity contribution in [3.05, 3.63) is 0 Å². The van der Waals surface area contributed by atoms with Gasteiger partial charge in [-0.15, -0.1) is 0 Å². The summed E-state index contributed by atoms with van der Waals surface area (Å²) in [6.45, 7) is 2.23. The van der Waals surface area contributed by atoms with Crippen LogP contribution in [0.2, 0.25) is 0 Å². The third-order valence-corrected chi connectivity index (χ3v) is 3.96. The summed E-state index contributed by atoms with van der Waals surface area (Å²) in [7, 11) is 0. The predicted molar refractivity (Wildman–Crippen MR) is 66.8 cm³/mol. The van der Waals surface area contributed by atoms with Crippen LogP contribution < -0.4 is 5.32 Å². The van der Waals surface area contributed by atoms with Gasteiger partial charge in [-0.2, -0.15) is 0 Å². The van der Waals surface area contributed by atoms with Crippen molar-refractivity contribution in [2.24, 2.45) is 5.92 Å². The molecule has 2 amide bonds. The van der Waals surface area contributed by atoms with Crippen LogP contribution in [0, 0.1) is 5.92 Å². The molecule has 1 aliphatic heterocycles. The van der Waals surface area contributed by atoms with Gasteiger partial charge in [0.05, 0.1) is 12.5 Å². The van der Waals surface area contributed by atoms with Crippen molar-refractivity contribution in [1.82, 2.24) is 10.2 Å². The van der Waals surface area contributed by atoms with Crippen molar-refractivity contribution < 1.29 is 14.7 Å². The number of nitrogens with one attached hydrogen (secondary N) is 1. The van der Waals surface area contributed by atoms with Crippen LogP contribution in [0.4, 0.5) is 0 Å². The molecule has 1 unspecified atom stereocenters. The number of rotatable bonds is 4. The van der Waals surface area contributed by atoms with E-state index in [0.29, 0.717) is 19.0 Å². The highest BCUT2D eigenvalue weighted by Crippen LogP contribution is 2.29. The van der Waals surface area contributed by atoms with Gasteiger partial charge >= 0.3 is 0 Å². The van der Waals surface area contributed by atoms with Crippen molar-refractivity contribution in [2.75, 3.05) is 13.2 Å². The van der Waals surface area contributed by atoms with Crippen LogP contribution in [-0.2, 0) is 9.59 Å². The van der Waals surface area contributed by atoms with E-state index < -0.39 is 0 Å². The fourth-order valence-corrected chi connectivity index (χ4v) is 2.88. The van der Waals surface area contributed by atoms with Gasteiger partial charge in [0, 0.05) is 25.0 Å². The molecule has 2 fully saturated rings. The monoisotopic (exact) mass is 254 g/mol. The van der Waals surface area contributed by atoms with Crippen LogP contribution >= 0.6 is 0 Å². The molecular weight excluding hydrogens is 232 g/mol. The molecule has 102 valence electrons. The fraction of sp³-hybridized carbons (Fsp3) is 0.846. The summed E-state index contributed by atoms with van der Waals surface area (Å²) in [5, 5.41) is 11.6. The summed E-state index contributed by atoms with van der Waals surface area (Å²) in [5.74, 6) is -0.240. The lowest BCUT2D eigenvalue weighted by atomic mass is 10.1. The summed E-state index contributed by atoms with van der Waals surface area (Å²) in [5.41, 5.74) is 0. The van der Waals surface area contributed by atoms with Gasteiger partial charge in [0.1, 0.15) is 0 Å². The summed E-state index contributed by atoms with van der Waals surface area (Å²) < 4.78 is 0. The van der Waals surface area contributed by atoms with Crippen molar-refractivity contribution in [3.8, 4) is 0 Å². The Labute approximate surface area is 108 Å². The first-order valence-electron chi connectivity index (χ1n) is 6.82. The first-order chi connectivity index (χ1) is 8.61. The lowest BCUT2D eigenvalue weighted by Crippen LogP contribution is -2.41. The first-order valence-corrected chi connectivity index (χ1v) is 6.82. The third kappa shape index (κ3) is 2.83. The topological polar surface area (TPSA) is 69.6 Å². The van der Waals surface area contributed by atoms with E-state index in [9.17, 15) is 9.59 Å². The van der Waals surface area contributed by atoms with Crippen molar-refractivity contribution in [3.63, 3.8) is 0 Å². The zero-order valence-corrected chi connectivity index (χ0v) is 10.9. The van der Waals surface area contributed by atoms with Crippen LogP contribution in [0.15, 0.2) is 0 Å². The maximum Gasteiger partial charge on any atom is 0.225 e. The van der Waals surface area contributed by atoms with E-state index in [1.54, 1.807) is 6.92 Å². The maximum absolute atomic E-state index is 11.9. The number of hydrogen-bond acceptors (Lipinski definition) is 3. The highest BCUT2D eigenvalue weighted by molar-refractivity contribution is 5.89. The molecule has 2 aliphatic rings. The number of carbonyl (C=O) groups is 2. The molecule has 0 aromatic heterocycles. The molecule has 1 saturated carbocycles. The van der Waals surface area contributed by atoms with E-state index >= 15 is 0 Å². The number of nitrogens with zero attached hydrogens (tertiary/aromatic N) is 1. The Bertz CT molecular complexity index is 326. The number of aliphatic hydroxyl groups excluding tert-OH is 1. The van der Waals surface area contributed by atoms with E-state index in [4.69, 9.17) is 5.11 Å². The number of carbonyl (C=O) groups excluding carboxylic acids is 2. The molecule has 0 radical (unpaired) electrons. The molecule has 0 spiro atoms. The SMILES string of the molecule is C[C@@H](CO)NC(=O)C1CC(=O)N(C2CCCC2)C1. The first kappa shape index (κ1) is 13.3. The van der Waals surface area contributed by atoms with E-state index in [1.165, 1.54) is 12.8 Å². The van der Waals surface area contributed by atoms with E-state index in [1.807, 2.05) is 4.90 Å². The molecule has 5 nitrogen and oxygen atoms in total. The van der Waals surface area contributed by atoms with Gasteiger partial charge in [0.2, 0.25) is 11.8 Å². The fourth-order valence-electron chi connectivity index (χ4n) is 2.88. The quantitative estimate of drug-likeness (QED) is 0.757. The summed E-state index contributed by atoms with van der Waals surface area (Å²) in [4.78, 5) is 25.7. The van der Waals surface area contributed by atoms with Gasteiger partial charge < -0.3 is 15.3 Å². The van der Waals surface area contributed by atoms with E-state index in [-0.39, 0.29) is 30.4 Å². The predicted octanol–water partition coefficient (Wildman–Crippen LogP) is 0.274. The normalized spacial score (nSPS) is 26.7. The van der Waals surface area contributed by atoms with Gasteiger partial charge in [-0.25, -0.2) is 0 Å². The van der Waals surface area contributed by atoms with Gasteiger partial charge in [-0.05, 0) is 19.8 Å².